The van der Waals surface area contributed by atoms with Crippen LogP contribution in [0.1, 0.15) is 22.8 Å². The Balaban J connectivity index is 2.06. The van der Waals surface area contributed by atoms with Gasteiger partial charge >= 0.3 is 5.97 Å². The van der Waals surface area contributed by atoms with Gasteiger partial charge in [-0.3, -0.25) is 4.79 Å². The number of hydrogen-bond acceptors (Lipinski definition) is 5. The molecule has 0 aliphatic rings. The predicted octanol–water partition coefficient (Wildman–Crippen LogP) is 2.78. The fourth-order valence-corrected chi connectivity index (χ4v) is 2.08. The van der Waals surface area contributed by atoms with Crippen molar-refractivity contribution >= 4 is 23.3 Å². The molecule has 6 heteroatoms. The van der Waals surface area contributed by atoms with Crippen LogP contribution in [0.3, 0.4) is 0 Å². The fourth-order valence-electron chi connectivity index (χ4n) is 2.08. The number of para-hydroxylation sites is 2. The Morgan fingerprint density at radius 3 is 2.38 bits per heavy atom. The van der Waals surface area contributed by atoms with Crippen molar-refractivity contribution in [2.24, 2.45) is 0 Å². The number of esters is 1. The number of amides is 1. The molecule has 2 aromatic carbocycles. The zero-order chi connectivity index (χ0) is 17.5. The maximum Gasteiger partial charge on any atom is 0.341 e. The Morgan fingerprint density at radius 1 is 1.08 bits per heavy atom. The smallest absolute Gasteiger partial charge is 0.341 e. The molecule has 6 nitrogen and oxygen atoms in total. The predicted molar refractivity (Wildman–Crippen MR) is 90.7 cm³/mol. The first-order valence-corrected chi connectivity index (χ1v) is 7.34. The van der Waals surface area contributed by atoms with Crippen LogP contribution in [-0.2, 0) is 9.53 Å². The van der Waals surface area contributed by atoms with Crippen molar-refractivity contribution in [2.45, 2.75) is 13.0 Å². The second-order valence-corrected chi connectivity index (χ2v) is 4.99. The summed E-state index contributed by atoms with van der Waals surface area (Å²) < 4.78 is 5.21. The van der Waals surface area contributed by atoms with Crippen LogP contribution in [0.25, 0.3) is 0 Å². The summed E-state index contributed by atoms with van der Waals surface area (Å²) in [4.78, 5) is 24.4. The normalized spacial score (nSPS) is 11.0. The molecule has 0 saturated carbocycles. The zero-order valence-corrected chi connectivity index (χ0v) is 13.4. The number of ether oxygens (including phenoxy) is 1. The van der Waals surface area contributed by atoms with E-state index in [1.807, 2.05) is 6.07 Å². The maximum atomic E-state index is 12.2. The SMILES string of the molecule is CNc1ccccc1C(=O)O[C@@H](C)C(=O)Nc1ccccc1C#N. The molecule has 1 amide bonds. The molecule has 1 atom stereocenters. The lowest BCUT2D eigenvalue weighted by atomic mass is 10.1. The molecule has 0 spiro atoms. The van der Waals surface area contributed by atoms with E-state index in [0.29, 0.717) is 22.5 Å². The summed E-state index contributed by atoms with van der Waals surface area (Å²) >= 11 is 0. The van der Waals surface area contributed by atoms with Gasteiger partial charge in [-0.25, -0.2) is 4.79 Å². The number of nitriles is 1. The number of carbonyl (C=O) groups is 2. The van der Waals surface area contributed by atoms with E-state index in [2.05, 4.69) is 10.6 Å². The first-order chi connectivity index (χ1) is 11.6. The average Bonchev–Trinajstić information content (AvgIpc) is 2.61. The molecule has 0 unspecified atom stereocenters. The number of nitrogens with one attached hydrogen (secondary N) is 2. The van der Waals surface area contributed by atoms with Gasteiger partial charge in [0.1, 0.15) is 6.07 Å². The molecule has 2 aromatic rings. The van der Waals surface area contributed by atoms with E-state index in [0.717, 1.165) is 0 Å². The number of hydrogen-bond donors (Lipinski definition) is 2. The number of rotatable bonds is 5. The van der Waals surface area contributed by atoms with Gasteiger partial charge in [0.15, 0.2) is 6.10 Å². The highest BCUT2D eigenvalue weighted by Crippen LogP contribution is 2.17. The van der Waals surface area contributed by atoms with E-state index >= 15 is 0 Å². The van der Waals surface area contributed by atoms with Crippen molar-refractivity contribution in [2.75, 3.05) is 17.7 Å². The topological polar surface area (TPSA) is 91.2 Å². The molecule has 0 aromatic heterocycles. The van der Waals surface area contributed by atoms with E-state index < -0.39 is 18.0 Å². The number of carbonyl (C=O) groups excluding carboxylic acids is 2. The van der Waals surface area contributed by atoms with Gasteiger partial charge in [0.25, 0.3) is 5.91 Å². The average molecular weight is 323 g/mol. The van der Waals surface area contributed by atoms with Crippen molar-refractivity contribution in [1.29, 1.82) is 5.26 Å². The van der Waals surface area contributed by atoms with Crippen molar-refractivity contribution in [3.63, 3.8) is 0 Å². The molecular formula is C18H17N3O3. The maximum absolute atomic E-state index is 12.2. The van der Waals surface area contributed by atoms with Crippen molar-refractivity contribution in [3.05, 3.63) is 59.7 Å². The van der Waals surface area contributed by atoms with Crippen LogP contribution in [0.15, 0.2) is 48.5 Å². The molecular weight excluding hydrogens is 306 g/mol. The van der Waals surface area contributed by atoms with E-state index in [-0.39, 0.29) is 0 Å². The minimum atomic E-state index is -1.01. The molecule has 0 bridgehead atoms. The lowest BCUT2D eigenvalue weighted by molar-refractivity contribution is -0.123. The second kappa shape index (κ2) is 7.79. The summed E-state index contributed by atoms with van der Waals surface area (Å²) in [5, 5.41) is 14.5. The molecule has 0 fully saturated rings. The molecule has 2 N–H and O–H groups in total. The first kappa shape index (κ1) is 17.0. The summed E-state index contributed by atoms with van der Waals surface area (Å²) in [6.45, 7) is 1.48. The van der Waals surface area contributed by atoms with Gasteiger partial charge in [0.2, 0.25) is 0 Å². The third kappa shape index (κ3) is 3.90. The lowest BCUT2D eigenvalue weighted by Crippen LogP contribution is -2.30. The molecule has 2 rings (SSSR count). The molecule has 0 aliphatic heterocycles. The van der Waals surface area contributed by atoms with E-state index in [9.17, 15) is 9.59 Å². The van der Waals surface area contributed by atoms with Gasteiger partial charge in [-0.05, 0) is 31.2 Å². The Bertz CT molecular complexity index is 796. The summed E-state index contributed by atoms with van der Waals surface area (Å²) in [5.74, 6) is -1.11. The minimum Gasteiger partial charge on any atom is -0.449 e. The highest BCUT2D eigenvalue weighted by Gasteiger charge is 2.21. The van der Waals surface area contributed by atoms with Crippen LogP contribution in [0.5, 0.6) is 0 Å². The Labute approximate surface area is 140 Å². The summed E-state index contributed by atoms with van der Waals surface area (Å²) in [7, 11) is 1.70. The Hall–Kier alpha value is -3.33. The van der Waals surface area contributed by atoms with Crippen LogP contribution < -0.4 is 10.6 Å². The quantitative estimate of drug-likeness (QED) is 0.826. The largest absolute Gasteiger partial charge is 0.449 e. The van der Waals surface area contributed by atoms with Crippen LogP contribution in [0.4, 0.5) is 11.4 Å². The number of anilines is 2. The number of nitrogens with zero attached hydrogens (tertiary/aromatic N) is 1. The summed E-state index contributed by atoms with van der Waals surface area (Å²) in [6, 6.07) is 15.5. The van der Waals surface area contributed by atoms with Crippen molar-refractivity contribution in [1.82, 2.24) is 0 Å². The van der Waals surface area contributed by atoms with E-state index in [4.69, 9.17) is 10.00 Å². The molecule has 0 heterocycles. The van der Waals surface area contributed by atoms with Crippen LogP contribution >= 0.6 is 0 Å². The van der Waals surface area contributed by atoms with Gasteiger partial charge in [-0.1, -0.05) is 24.3 Å². The Kier molecular flexibility index (Phi) is 5.53. The fraction of sp³-hybridized carbons (Fsp3) is 0.167. The minimum absolute atomic E-state index is 0.338. The second-order valence-electron chi connectivity index (χ2n) is 4.99. The monoisotopic (exact) mass is 323 g/mol. The van der Waals surface area contributed by atoms with Gasteiger partial charge in [-0.15, -0.1) is 0 Å². The number of benzene rings is 2. The molecule has 122 valence electrons. The molecule has 24 heavy (non-hydrogen) atoms. The van der Waals surface area contributed by atoms with E-state index in [1.54, 1.807) is 55.6 Å². The molecule has 0 saturated heterocycles. The van der Waals surface area contributed by atoms with Crippen LogP contribution in [-0.4, -0.2) is 25.0 Å². The molecule has 0 radical (unpaired) electrons. The van der Waals surface area contributed by atoms with Gasteiger partial charge in [0, 0.05) is 12.7 Å². The van der Waals surface area contributed by atoms with Gasteiger partial charge in [0.05, 0.1) is 16.8 Å². The first-order valence-electron chi connectivity index (χ1n) is 7.34. The lowest BCUT2D eigenvalue weighted by Gasteiger charge is -2.15. The zero-order valence-electron chi connectivity index (χ0n) is 13.4. The Morgan fingerprint density at radius 2 is 1.71 bits per heavy atom. The summed E-state index contributed by atoms with van der Waals surface area (Å²) in [5.41, 5.74) is 1.68. The standard InChI is InChI=1S/C18H17N3O3/c1-12(17(22)21-15-9-5-3-7-13(15)11-19)24-18(23)14-8-4-6-10-16(14)20-2/h3-10,12,20H,1-2H3,(H,21,22)/t12-/m0/s1. The van der Waals surface area contributed by atoms with Crippen molar-refractivity contribution in [3.8, 4) is 6.07 Å². The van der Waals surface area contributed by atoms with Gasteiger partial charge in [-0.2, -0.15) is 5.26 Å². The molecule has 0 aliphatic carbocycles. The van der Waals surface area contributed by atoms with Gasteiger partial charge < -0.3 is 15.4 Å². The van der Waals surface area contributed by atoms with Crippen LogP contribution in [0, 0.1) is 11.3 Å². The van der Waals surface area contributed by atoms with E-state index in [1.165, 1.54) is 6.92 Å². The highest BCUT2D eigenvalue weighted by molar-refractivity contribution is 6.00. The van der Waals surface area contributed by atoms with Crippen LogP contribution in [0.2, 0.25) is 0 Å². The highest BCUT2D eigenvalue weighted by atomic mass is 16.5. The third-order valence-corrected chi connectivity index (χ3v) is 3.37. The summed E-state index contributed by atoms with van der Waals surface area (Å²) in [6.07, 6.45) is -1.01. The third-order valence-electron chi connectivity index (χ3n) is 3.37. The van der Waals surface area contributed by atoms with Crippen molar-refractivity contribution < 1.29 is 14.3 Å².